The number of nitrogens with zero attached hydrogens (tertiary/aromatic N) is 1. The van der Waals surface area contributed by atoms with Crippen LogP contribution in [0.2, 0.25) is 15.1 Å². The quantitative estimate of drug-likeness (QED) is 0.490. The van der Waals surface area contributed by atoms with Gasteiger partial charge in [0, 0.05) is 11.8 Å². The van der Waals surface area contributed by atoms with Gasteiger partial charge in [0.05, 0.1) is 26.4 Å². The molecule has 2 aromatic rings. The van der Waals surface area contributed by atoms with Gasteiger partial charge in [-0.15, -0.1) is 0 Å². The molecule has 0 aliphatic heterocycles. The highest BCUT2D eigenvalue weighted by molar-refractivity contribution is 6.50. The molecule has 17 heavy (non-hydrogen) atoms. The van der Waals surface area contributed by atoms with E-state index in [0.717, 1.165) is 5.69 Å². The normalized spacial score (nSPS) is 10.4. The first kappa shape index (κ1) is 12.8. The van der Waals surface area contributed by atoms with Crippen LogP contribution in [-0.2, 0) is 0 Å². The van der Waals surface area contributed by atoms with Crippen LogP contribution in [0.5, 0.6) is 0 Å². The topological polar surface area (TPSA) is 3.24 Å². The maximum atomic E-state index is 6.21. The maximum absolute atomic E-state index is 6.21. The maximum Gasteiger partial charge on any atom is 0.0857 e. The van der Waals surface area contributed by atoms with E-state index in [1.807, 2.05) is 30.3 Å². The second-order valence-electron chi connectivity index (χ2n) is 3.31. The van der Waals surface area contributed by atoms with Gasteiger partial charge in [-0.05, 0) is 24.3 Å². The number of halogens is 4. The van der Waals surface area contributed by atoms with Crippen molar-refractivity contribution in [3.63, 3.8) is 0 Å². The summed E-state index contributed by atoms with van der Waals surface area (Å²) in [6.07, 6.45) is 0. The van der Waals surface area contributed by atoms with Crippen LogP contribution in [0.4, 0.5) is 11.4 Å². The smallest absolute Gasteiger partial charge is 0.0857 e. The van der Waals surface area contributed by atoms with Gasteiger partial charge < -0.3 is 0 Å². The lowest BCUT2D eigenvalue weighted by atomic mass is 10.2. The molecule has 0 heterocycles. The number of hydrogen-bond donors (Lipinski definition) is 0. The molecule has 0 saturated carbocycles. The van der Waals surface area contributed by atoms with Crippen molar-refractivity contribution in [2.75, 3.05) is 4.42 Å². The predicted octanol–water partition coefficient (Wildman–Crippen LogP) is 5.94. The van der Waals surface area contributed by atoms with Crippen molar-refractivity contribution < 1.29 is 0 Å². The fourth-order valence-electron chi connectivity index (χ4n) is 1.37. The van der Waals surface area contributed by atoms with Crippen molar-refractivity contribution in [2.24, 2.45) is 0 Å². The lowest BCUT2D eigenvalue weighted by Gasteiger charge is -2.18. The van der Waals surface area contributed by atoms with Gasteiger partial charge in [-0.2, -0.15) is 0 Å². The Labute approximate surface area is 120 Å². The third kappa shape index (κ3) is 2.63. The minimum atomic E-state index is 0.299. The zero-order chi connectivity index (χ0) is 12.4. The van der Waals surface area contributed by atoms with Gasteiger partial charge in [0.15, 0.2) is 0 Å². The zero-order valence-electron chi connectivity index (χ0n) is 8.50. The number of benzene rings is 2. The van der Waals surface area contributed by atoms with Crippen LogP contribution in [0.15, 0.2) is 42.5 Å². The summed E-state index contributed by atoms with van der Waals surface area (Å²) in [6.45, 7) is 0. The van der Waals surface area contributed by atoms with Crippen molar-refractivity contribution in [1.82, 2.24) is 0 Å². The molecule has 0 aromatic heterocycles. The highest BCUT2D eigenvalue weighted by atomic mass is 35.5. The molecular formula is C12H7Cl4N. The summed E-state index contributed by atoms with van der Waals surface area (Å²) in [6, 6.07) is 12.8. The molecule has 0 aliphatic carbocycles. The van der Waals surface area contributed by atoms with E-state index in [1.54, 1.807) is 12.1 Å². The van der Waals surface area contributed by atoms with Gasteiger partial charge in [0.2, 0.25) is 0 Å². The Morgan fingerprint density at radius 2 is 1.41 bits per heavy atom. The Kier molecular flexibility index (Phi) is 4.05. The minimum Gasteiger partial charge on any atom is -0.252 e. The molecule has 0 unspecified atom stereocenters. The summed E-state index contributed by atoms with van der Waals surface area (Å²) in [5.74, 6) is 0. The molecule has 0 radical (unpaired) electrons. The third-order valence-corrected chi connectivity index (χ3v) is 3.87. The first-order valence-electron chi connectivity index (χ1n) is 4.75. The molecular weight excluding hydrogens is 300 g/mol. The van der Waals surface area contributed by atoms with Crippen LogP contribution < -0.4 is 4.42 Å². The Balaban J connectivity index is 2.45. The standard InChI is InChI=1S/C12H7Cl4N/c13-9-6-7-10(12(15)11(9)14)17(16)8-4-2-1-3-5-8/h1-7H. The van der Waals surface area contributed by atoms with Gasteiger partial charge >= 0.3 is 0 Å². The monoisotopic (exact) mass is 305 g/mol. The number of hydrogen-bond acceptors (Lipinski definition) is 1. The number of para-hydroxylation sites is 1. The molecule has 2 aromatic carbocycles. The first-order valence-corrected chi connectivity index (χ1v) is 6.23. The zero-order valence-corrected chi connectivity index (χ0v) is 11.5. The van der Waals surface area contributed by atoms with E-state index in [-0.39, 0.29) is 0 Å². The van der Waals surface area contributed by atoms with Gasteiger partial charge in [-0.3, -0.25) is 4.42 Å². The van der Waals surface area contributed by atoms with Crippen molar-refractivity contribution in [1.29, 1.82) is 0 Å². The van der Waals surface area contributed by atoms with E-state index < -0.39 is 0 Å². The Bertz CT molecular complexity index is 528. The van der Waals surface area contributed by atoms with E-state index in [2.05, 4.69) is 0 Å². The van der Waals surface area contributed by atoms with Gasteiger partial charge in [-0.1, -0.05) is 53.0 Å². The molecule has 0 aliphatic rings. The highest BCUT2D eigenvalue weighted by Gasteiger charge is 2.14. The van der Waals surface area contributed by atoms with E-state index in [9.17, 15) is 0 Å². The van der Waals surface area contributed by atoms with E-state index in [4.69, 9.17) is 46.6 Å². The molecule has 0 amide bonds. The van der Waals surface area contributed by atoms with Crippen LogP contribution in [0.3, 0.4) is 0 Å². The lowest BCUT2D eigenvalue weighted by molar-refractivity contribution is 1.42. The highest BCUT2D eigenvalue weighted by Crippen LogP contribution is 2.40. The SMILES string of the molecule is Clc1ccc(N(Cl)c2ccccc2)c(Cl)c1Cl. The molecule has 1 nitrogen and oxygen atoms in total. The van der Waals surface area contributed by atoms with Crippen molar-refractivity contribution in [3.8, 4) is 0 Å². The summed E-state index contributed by atoms with van der Waals surface area (Å²) in [7, 11) is 0. The fraction of sp³-hybridized carbons (Fsp3) is 0. The summed E-state index contributed by atoms with van der Waals surface area (Å²) < 4.78 is 1.44. The summed E-state index contributed by atoms with van der Waals surface area (Å²) in [5, 5.41) is 1.03. The fourth-order valence-corrected chi connectivity index (χ4v) is 2.28. The van der Waals surface area contributed by atoms with Gasteiger partial charge in [0.1, 0.15) is 0 Å². The van der Waals surface area contributed by atoms with Gasteiger partial charge in [-0.25, -0.2) is 0 Å². The second kappa shape index (κ2) is 5.36. The van der Waals surface area contributed by atoms with E-state index in [0.29, 0.717) is 20.8 Å². The Morgan fingerprint density at radius 1 is 0.765 bits per heavy atom. The van der Waals surface area contributed by atoms with Crippen LogP contribution in [0.25, 0.3) is 0 Å². The van der Waals surface area contributed by atoms with Crippen LogP contribution in [0, 0.1) is 0 Å². The Hall–Kier alpha value is -0.600. The molecule has 0 N–H and O–H groups in total. The lowest BCUT2D eigenvalue weighted by Crippen LogP contribution is -2.02. The van der Waals surface area contributed by atoms with Crippen molar-refractivity contribution in [2.45, 2.75) is 0 Å². The summed E-state index contributed by atoms with van der Waals surface area (Å²) in [4.78, 5) is 0. The number of rotatable bonds is 2. The van der Waals surface area contributed by atoms with Gasteiger partial charge in [0.25, 0.3) is 0 Å². The third-order valence-electron chi connectivity index (χ3n) is 2.21. The molecule has 0 fully saturated rings. The first-order chi connectivity index (χ1) is 8.11. The van der Waals surface area contributed by atoms with Crippen LogP contribution in [-0.4, -0.2) is 0 Å². The molecule has 0 saturated heterocycles. The average molecular weight is 307 g/mol. The molecule has 0 spiro atoms. The van der Waals surface area contributed by atoms with E-state index in [1.165, 1.54) is 4.42 Å². The Morgan fingerprint density at radius 3 is 2.06 bits per heavy atom. The van der Waals surface area contributed by atoms with Crippen molar-refractivity contribution >= 4 is 58.0 Å². The molecule has 88 valence electrons. The van der Waals surface area contributed by atoms with Crippen molar-refractivity contribution in [3.05, 3.63) is 57.5 Å². The molecule has 0 bridgehead atoms. The largest absolute Gasteiger partial charge is 0.252 e. The second-order valence-corrected chi connectivity index (χ2v) is 4.81. The average Bonchev–Trinajstić information content (AvgIpc) is 2.36. The minimum absolute atomic E-state index is 0.299. The summed E-state index contributed by atoms with van der Waals surface area (Å²) >= 11 is 24.1. The molecule has 0 atom stereocenters. The summed E-state index contributed by atoms with van der Waals surface area (Å²) in [5.41, 5.74) is 1.39. The number of anilines is 2. The predicted molar refractivity (Wildman–Crippen MR) is 75.9 cm³/mol. The molecule has 5 heteroatoms. The molecule has 2 rings (SSSR count). The van der Waals surface area contributed by atoms with E-state index >= 15 is 0 Å². The van der Waals surface area contributed by atoms with Crippen LogP contribution in [0.1, 0.15) is 0 Å². The van der Waals surface area contributed by atoms with Crippen LogP contribution >= 0.6 is 46.6 Å².